The van der Waals surface area contributed by atoms with Crippen LogP contribution in [0.15, 0.2) is 16.7 Å². The average Bonchev–Trinajstić information content (AvgIpc) is 2.86. The summed E-state index contributed by atoms with van der Waals surface area (Å²) < 4.78 is 5.52. The first kappa shape index (κ1) is 12.1. The quantitative estimate of drug-likeness (QED) is 0.870. The molecule has 3 unspecified atom stereocenters. The van der Waals surface area contributed by atoms with Crippen molar-refractivity contribution >= 4 is 11.8 Å². The number of hydrogen-bond donors (Lipinski definition) is 1. The van der Waals surface area contributed by atoms with E-state index in [-0.39, 0.29) is 0 Å². The average molecular weight is 239 g/mol. The molecule has 1 saturated carbocycles. The third-order valence-electron chi connectivity index (χ3n) is 3.50. The minimum absolute atomic E-state index is 0.334. The minimum Gasteiger partial charge on any atom is -0.467 e. The molecule has 1 heterocycles. The molecule has 1 aromatic heterocycles. The van der Waals surface area contributed by atoms with Gasteiger partial charge in [0, 0.05) is 11.3 Å². The van der Waals surface area contributed by atoms with Gasteiger partial charge in [0.15, 0.2) is 0 Å². The van der Waals surface area contributed by atoms with Crippen LogP contribution in [-0.2, 0) is 0 Å². The molecule has 16 heavy (non-hydrogen) atoms. The van der Waals surface area contributed by atoms with Gasteiger partial charge in [0.1, 0.15) is 5.76 Å². The van der Waals surface area contributed by atoms with E-state index in [9.17, 15) is 0 Å². The topological polar surface area (TPSA) is 25.2 Å². The van der Waals surface area contributed by atoms with Gasteiger partial charge in [0.05, 0.1) is 12.3 Å². The Kier molecular flexibility index (Phi) is 3.98. The molecule has 0 aliphatic heterocycles. The molecular weight excluding hydrogens is 218 g/mol. The van der Waals surface area contributed by atoms with Crippen LogP contribution in [0.5, 0.6) is 0 Å². The van der Waals surface area contributed by atoms with Gasteiger partial charge in [-0.25, -0.2) is 0 Å². The second-order valence-corrected chi connectivity index (χ2v) is 5.86. The molecule has 2 nitrogen and oxygen atoms in total. The van der Waals surface area contributed by atoms with Crippen LogP contribution in [0.2, 0.25) is 0 Å². The zero-order valence-electron chi connectivity index (χ0n) is 10.3. The molecule has 0 amide bonds. The third-order valence-corrected chi connectivity index (χ3v) is 4.59. The van der Waals surface area contributed by atoms with Gasteiger partial charge < -0.3 is 9.73 Å². The summed E-state index contributed by atoms with van der Waals surface area (Å²) in [5.74, 6) is 1.09. The zero-order chi connectivity index (χ0) is 11.5. The van der Waals surface area contributed by atoms with Crippen LogP contribution >= 0.6 is 11.8 Å². The normalized spacial score (nSPS) is 27.2. The maximum absolute atomic E-state index is 5.52. The van der Waals surface area contributed by atoms with Crippen molar-refractivity contribution in [3.05, 3.63) is 23.7 Å². The Hall–Kier alpha value is -0.410. The van der Waals surface area contributed by atoms with Gasteiger partial charge in [-0.1, -0.05) is 0 Å². The predicted molar refractivity (Wildman–Crippen MR) is 69.9 cm³/mol. The van der Waals surface area contributed by atoms with Crippen molar-refractivity contribution in [3.8, 4) is 0 Å². The second kappa shape index (κ2) is 5.28. The molecule has 0 aromatic carbocycles. The smallest absolute Gasteiger partial charge is 0.123 e. The summed E-state index contributed by atoms with van der Waals surface area (Å²) in [6.45, 7) is 4.30. The fraction of sp³-hybridized carbons (Fsp3) is 0.692. The number of nitrogens with one attached hydrogen (secondary N) is 1. The number of rotatable bonds is 4. The van der Waals surface area contributed by atoms with Crippen LogP contribution in [0.1, 0.15) is 43.6 Å². The summed E-state index contributed by atoms with van der Waals surface area (Å²) in [4.78, 5) is 0. The van der Waals surface area contributed by atoms with Crippen LogP contribution in [0.3, 0.4) is 0 Å². The molecule has 0 saturated heterocycles. The van der Waals surface area contributed by atoms with E-state index in [4.69, 9.17) is 4.42 Å². The molecule has 1 N–H and O–H groups in total. The fourth-order valence-electron chi connectivity index (χ4n) is 2.56. The van der Waals surface area contributed by atoms with Crippen molar-refractivity contribution in [1.82, 2.24) is 5.32 Å². The molecule has 90 valence electrons. The van der Waals surface area contributed by atoms with E-state index in [1.165, 1.54) is 24.8 Å². The predicted octanol–water partition coefficient (Wildman–Crippen LogP) is 3.52. The number of thioether (sulfide) groups is 1. The van der Waals surface area contributed by atoms with Crippen molar-refractivity contribution < 1.29 is 4.42 Å². The molecule has 1 fully saturated rings. The molecule has 0 bridgehead atoms. The van der Waals surface area contributed by atoms with Gasteiger partial charge in [0.2, 0.25) is 0 Å². The van der Waals surface area contributed by atoms with Crippen molar-refractivity contribution in [2.45, 2.75) is 50.4 Å². The highest BCUT2D eigenvalue weighted by Crippen LogP contribution is 2.30. The van der Waals surface area contributed by atoms with Gasteiger partial charge in [-0.05, 0) is 51.0 Å². The summed E-state index contributed by atoms with van der Waals surface area (Å²) in [5, 5.41) is 4.53. The summed E-state index contributed by atoms with van der Waals surface area (Å²) in [6, 6.07) is 3.03. The first-order valence-corrected chi connectivity index (χ1v) is 7.32. The molecule has 1 aliphatic rings. The van der Waals surface area contributed by atoms with Crippen LogP contribution in [0.25, 0.3) is 0 Å². The van der Waals surface area contributed by atoms with Crippen LogP contribution < -0.4 is 5.32 Å². The summed E-state index contributed by atoms with van der Waals surface area (Å²) >= 11 is 2.00. The molecule has 3 atom stereocenters. The highest BCUT2D eigenvalue weighted by Gasteiger charge is 2.26. The molecule has 3 heteroatoms. The highest BCUT2D eigenvalue weighted by molar-refractivity contribution is 7.99. The number of furan rings is 1. The lowest BCUT2D eigenvalue weighted by molar-refractivity contribution is 0.388. The van der Waals surface area contributed by atoms with Gasteiger partial charge in [-0.15, -0.1) is 0 Å². The first-order chi connectivity index (χ1) is 7.70. The SMILES string of the molecule is CSC1CCC(NC(C)c2occc2C)C1. The standard InChI is InChI=1S/C13H21NOS/c1-9-6-7-15-13(9)10(2)14-11-4-5-12(8-11)16-3/h6-7,10-12,14H,4-5,8H2,1-3H3. The van der Waals surface area contributed by atoms with E-state index in [1.807, 2.05) is 17.8 Å². The molecule has 1 aromatic rings. The number of aryl methyl sites for hydroxylation is 1. The Balaban J connectivity index is 1.89. The Morgan fingerprint density at radius 1 is 1.50 bits per heavy atom. The molecule has 0 radical (unpaired) electrons. The van der Waals surface area contributed by atoms with Crippen molar-refractivity contribution in [1.29, 1.82) is 0 Å². The largest absolute Gasteiger partial charge is 0.467 e. The maximum Gasteiger partial charge on any atom is 0.123 e. The van der Waals surface area contributed by atoms with E-state index in [2.05, 4.69) is 25.4 Å². The van der Waals surface area contributed by atoms with E-state index in [0.29, 0.717) is 12.1 Å². The van der Waals surface area contributed by atoms with E-state index in [0.717, 1.165) is 11.0 Å². The highest BCUT2D eigenvalue weighted by atomic mass is 32.2. The lowest BCUT2D eigenvalue weighted by Crippen LogP contribution is -2.29. The lowest BCUT2D eigenvalue weighted by Gasteiger charge is -2.18. The Labute approximate surface area is 102 Å². The summed E-state index contributed by atoms with van der Waals surface area (Å²) in [7, 11) is 0. The molecular formula is C13H21NOS. The van der Waals surface area contributed by atoms with Gasteiger partial charge >= 0.3 is 0 Å². The Morgan fingerprint density at radius 2 is 2.31 bits per heavy atom. The van der Waals surface area contributed by atoms with Crippen molar-refractivity contribution in [2.75, 3.05) is 6.26 Å². The van der Waals surface area contributed by atoms with E-state index >= 15 is 0 Å². The van der Waals surface area contributed by atoms with Crippen LogP contribution in [0, 0.1) is 6.92 Å². The summed E-state index contributed by atoms with van der Waals surface area (Å²) in [5.41, 5.74) is 1.25. The second-order valence-electron chi connectivity index (χ2n) is 4.72. The zero-order valence-corrected chi connectivity index (χ0v) is 11.1. The number of hydrogen-bond acceptors (Lipinski definition) is 3. The molecule has 0 spiro atoms. The van der Waals surface area contributed by atoms with Gasteiger partial charge in [0.25, 0.3) is 0 Å². The van der Waals surface area contributed by atoms with Crippen molar-refractivity contribution in [2.24, 2.45) is 0 Å². The van der Waals surface area contributed by atoms with Crippen LogP contribution in [0.4, 0.5) is 0 Å². The monoisotopic (exact) mass is 239 g/mol. The molecule has 2 rings (SSSR count). The van der Waals surface area contributed by atoms with Gasteiger partial charge in [-0.3, -0.25) is 0 Å². The van der Waals surface area contributed by atoms with Crippen molar-refractivity contribution in [3.63, 3.8) is 0 Å². The molecule has 1 aliphatic carbocycles. The first-order valence-electron chi connectivity index (χ1n) is 6.03. The lowest BCUT2D eigenvalue weighted by atomic mass is 10.1. The Bertz CT molecular complexity index is 336. The van der Waals surface area contributed by atoms with E-state index < -0.39 is 0 Å². The van der Waals surface area contributed by atoms with Gasteiger partial charge in [-0.2, -0.15) is 11.8 Å². The third kappa shape index (κ3) is 2.64. The Morgan fingerprint density at radius 3 is 2.88 bits per heavy atom. The van der Waals surface area contributed by atoms with E-state index in [1.54, 1.807) is 6.26 Å². The maximum atomic E-state index is 5.52. The summed E-state index contributed by atoms with van der Waals surface area (Å²) in [6.07, 6.45) is 7.94. The fourth-order valence-corrected chi connectivity index (χ4v) is 3.36. The minimum atomic E-state index is 0.334. The van der Waals surface area contributed by atoms with Crippen LogP contribution in [-0.4, -0.2) is 17.5 Å².